The fourth-order valence-electron chi connectivity index (χ4n) is 3.80. The standard InChI is InChI=1S/C28H38N4O6S/c1-18(2)16-23(26(34)31-24(27(35)36)17-19-8-6-5-7-9-19)30-25(33)22(14-15-39-4)32-28(37)29-20-10-12-21(38-3)13-11-20/h5-13,18,22-24H,14-17H2,1-4H3,(H,30,33)(H,31,34)(H,35,36)(H2,29,32,37)/t22-,23-,24?/m0/s1. The van der Waals surface area contributed by atoms with Gasteiger partial charge in [-0.05, 0) is 60.6 Å². The number of hydrogen-bond donors (Lipinski definition) is 5. The molecule has 4 amide bonds. The van der Waals surface area contributed by atoms with Gasteiger partial charge in [-0.3, -0.25) is 9.59 Å². The van der Waals surface area contributed by atoms with Crippen LogP contribution in [0.1, 0.15) is 32.3 Å². The number of ether oxygens (including phenoxy) is 1. The summed E-state index contributed by atoms with van der Waals surface area (Å²) < 4.78 is 5.12. The highest BCUT2D eigenvalue weighted by Crippen LogP contribution is 2.15. The van der Waals surface area contributed by atoms with E-state index < -0.39 is 41.9 Å². The molecule has 5 N–H and O–H groups in total. The molecule has 0 saturated carbocycles. The minimum Gasteiger partial charge on any atom is -0.497 e. The largest absolute Gasteiger partial charge is 0.497 e. The van der Waals surface area contributed by atoms with Crippen LogP contribution in [-0.4, -0.2) is 66.2 Å². The van der Waals surface area contributed by atoms with E-state index in [4.69, 9.17) is 4.74 Å². The lowest BCUT2D eigenvalue weighted by molar-refractivity contribution is -0.142. The van der Waals surface area contributed by atoms with Gasteiger partial charge in [-0.25, -0.2) is 9.59 Å². The summed E-state index contributed by atoms with van der Waals surface area (Å²) in [5.74, 6) is -1.01. The lowest BCUT2D eigenvalue weighted by Crippen LogP contribution is -2.56. The maximum absolute atomic E-state index is 13.3. The highest BCUT2D eigenvalue weighted by Gasteiger charge is 2.30. The van der Waals surface area contributed by atoms with Gasteiger partial charge < -0.3 is 31.1 Å². The average Bonchev–Trinajstić information content (AvgIpc) is 2.90. The molecule has 0 spiro atoms. The summed E-state index contributed by atoms with van der Waals surface area (Å²) in [7, 11) is 1.54. The van der Waals surface area contributed by atoms with Crippen LogP contribution < -0.4 is 26.0 Å². The number of methoxy groups -OCH3 is 1. The summed E-state index contributed by atoms with van der Waals surface area (Å²) in [6, 6.07) is 12.1. The molecular formula is C28H38N4O6S. The number of hydrogen-bond acceptors (Lipinski definition) is 6. The lowest BCUT2D eigenvalue weighted by Gasteiger charge is -2.25. The molecule has 212 valence electrons. The normalized spacial score (nSPS) is 13.1. The number of aliphatic carboxylic acids is 1. The third-order valence-corrected chi connectivity index (χ3v) is 6.46. The minimum atomic E-state index is -1.17. The number of carboxylic acid groups (broad SMARTS) is 1. The van der Waals surface area contributed by atoms with Crippen molar-refractivity contribution < 1.29 is 29.0 Å². The topological polar surface area (TPSA) is 146 Å². The van der Waals surface area contributed by atoms with E-state index in [2.05, 4.69) is 21.3 Å². The van der Waals surface area contributed by atoms with Gasteiger partial charge in [-0.2, -0.15) is 11.8 Å². The van der Waals surface area contributed by atoms with Crippen LogP contribution in [0.25, 0.3) is 0 Å². The highest BCUT2D eigenvalue weighted by molar-refractivity contribution is 7.98. The number of amides is 4. The van der Waals surface area contributed by atoms with Gasteiger partial charge >= 0.3 is 12.0 Å². The Morgan fingerprint density at radius 2 is 1.49 bits per heavy atom. The first-order valence-corrected chi connectivity index (χ1v) is 14.1. The van der Waals surface area contributed by atoms with Crippen molar-refractivity contribution in [2.45, 2.75) is 51.2 Å². The molecule has 1 unspecified atom stereocenters. The zero-order valence-corrected chi connectivity index (χ0v) is 23.5. The van der Waals surface area contributed by atoms with Crippen molar-refractivity contribution in [1.82, 2.24) is 16.0 Å². The number of urea groups is 1. The van der Waals surface area contributed by atoms with Gasteiger partial charge in [0.2, 0.25) is 11.8 Å². The molecule has 39 heavy (non-hydrogen) atoms. The number of rotatable bonds is 15. The zero-order chi connectivity index (χ0) is 28.8. The molecule has 10 nitrogen and oxygen atoms in total. The maximum atomic E-state index is 13.3. The molecule has 3 atom stereocenters. The first kappa shape index (κ1) is 31.5. The SMILES string of the molecule is COc1ccc(NC(=O)N[C@@H](CCSC)C(=O)N[C@@H](CC(C)C)C(=O)NC(Cc2ccccc2)C(=O)O)cc1. The van der Waals surface area contributed by atoms with Crippen LogP contribution in [0.2, 0.25) is 0 Å². The Morgan fingerprint density at radius 3 is 2.05 bits per heavy atom. The van der Waals surface area contributed by atoms with E-state index in [0.29, 0.717) is 30.0 Å². The Morgan fingerprint density at radius 1 is 0.872 bits per heavy atom. The Labute approximate surface area is 233 Å². The molecule has 0 heterocycles. The fraction of sp³-hybridized carbons (Fsp3) is 0.429. The van der Waals surface area contributed by atoms with Crippen molar-refractivity contribution in [1.29, 1.82) is 0 Å². The van der Waals surface area contributed by atoms with E-state index in [1.165, 1.54) is 11.8 Å². The summed E-state index contributed by atoms with van der Waals surface area (Å²) in [6.07, 6.45) is 2.63. The lowest BCUT2D eigenvalue weighted by atomic mass is 10.0. The van der Waals surface area contributed by atoms with Crippen LogP contribution in [-0.2, 0) is 20.8 Å². The number of carbonyl (C=O) groups is 4. The van der Waals surface area contributed by atoms with E-state index in [9.17, 15) is 24.3 Å². The van der Waals surface area contributed by atoms with E-state index in [1.807, 2.05) is 26.2 Å². The molecule has 0 aliphatic heterocycles. The summed E-state index contributed by atoms with van der Waals surface area (Å²) >= 11 is 1.52. The molecule has 0 saturated heterocycles. The Kier molecular flexibility index (Phi) is 13.1. The van der Waals surface area contributed by atoms with Crippen molar-refractivity contribution in [2.75, 3.05) is 24.4 Å². The minimum absolute atomic E-state index is 0.0365. The number of nitrogens with one attached hydrogen (secondary N) is 4. The van der Waals surface area contributed by atoms with Gasteiger partial charge in [-0.1, -0.05) is 44.2 Å². The van der Waals surface area contributed by atoms with E-state index in [1.54, 1.807) is 55.6 Å². The molecule has 2 aromatic rings. The number of carboxylic acids is 1. The molecular weight excluding hydrogens is 520 g/mol. The average molecular weight is 559 g/mol. The van der Waals surface area contributed by atoms with Gasteiger partial charge in [0.05, 0.1) is 7.11 Å². The van der Waals surface area contributed by atoms with Crippen LogP contribution in [0.4, 0.5) is 10.5 Å². The quantitative estimate of drug-likeness (QED) is 0.225. The van der Waals surface area contributed by atoms with Crippen LogP contribution in [0.3, 0.4) is 0 Å². The Balaban J connectivity index is 2.10. The number of thioether (sulfide) groups is 1. The molecule has 0 aliphatic carbocycles. The second-order valence-corrected chi connectivity index (χ2v) is 10.4. The van der Waals surface area contributed by atoms with Gasteiger partial charge in [0.1, 0.15) is 23.9 Å². The van der Waals surface area contributed by atoms with E-state index in [0.717, 1.165) is 5.56 Å². The smallest absolute Gasteiger partial charge is 0.326 e. The van der Waals surface area contributed by atoms with Crippen LogP contribution in [0.5, 0.6) is 5.75 Å². The van der Waals surface area contributed by atoms with Crippen molar-refractivity contribution in [3.05, 3.63) is 60.2 Å². The zero-order valence-electron chi connectivity index (χ0n) is 22.7. The van der Waals surface area contributed by atoms with Gasteiger partial charge in [-0.15, -0.1) is 0 Å². The van der Waals surface area contributed by atoms with E-state index in [-0.39, 0.29) is 12.3 Å². The first-order chi connectivity index (χ1) is 18.6. The van der Waals surface area contributed by atoms with Gasteiger partial charge in [0, 0.05) is 12.1 Å². The summed E-state index contributed by atoms with van der Waals surface area (Å²) in [5, 5.41) is 20.4. The van der Waals surface area contributed by atoms with E-state index >= 15 is 0 Å². The van der Waals surface area contributed by atoms with Crippen molar-refractivity contribution >= 4 is 41.3 Å². The van der Waals surface area contributed by atoms with Crippen LogP contribution in [0.15, 0.2) is 54.6 Å². The molecule has 2 rings (SSSR count). The molecule has 0 aliphatic rings. The second kappa shape index (κ2) is 16.3. The summed E-state index contributed by atoms with van der Waals surface area (Å²) in [6.45, 7) is 3.80. The number of anilines is 1. The molecule has 0 bridgehead atoms. The number of carbonyl (C=O) groups excluding carboxylic acids is 3. The van der Waals surface area contributed by atoms with Gasteiger partial charge in [0.25, 0.3) is 0 Å². The third-order valence-electron chi connectivity index (χ3n) is 5.82. The van der Waals surface area contributed by atoms with Crippen molar-refractivity contribution in [2.24, 2.45) is 5.92 Å². The van der Waals surface area contributed by atoms with Crippen molar-refractivity contribution in [3.8, 4) is 5.75 Å². The highest BCUT2D eigenvalue weighted by atomic mass is 32.2. The van der Waals surface area contributed by atoms with Crippen LogP contribution >= 0.6 is 11.8 Å². The predicted molar refractivity (Wildman–Crippen MR) is 153 cm³/mol. The van der Waals surface area contributed by atoms with Crippen LogP contribution in [0, 0.1) is 5.92 Å². The monoisotopic (exact) mass is 558 g/mol. The second-order valence-electron chi connectivity index (χ2n) is 9.44. The molecule has 11 heteroatoms. The maximum Gasteiger partial charge on any atom is 0.326 e. The molecule has 0 radical (unpaired) electrons. The van der Waals surface area contributed by atoms with Crippen molar-refractivity contribution in [3.63, 3.8) is 0 Å². The van der Waals surface area contributed by atoms with Gasteiger partial charge in [0.15, 0.2) is 0 Å². The first-order valence-electron chi connectivity index (χ1n) is 12.7. The third kappa shape index (κ3) is 11.3. The summed E-state index contributed by atoms with van der Waals surface area (Å²) in [5.41, 5.74) is 1.28. The Bertz CT molecular complexity index is 1080. The fourth-order valence-corrected chi connectivity index (χ4v) is 4.27. The Hall–Kier alpha value is -3.73. The molecule has 2 aromatic carbocycles. The molecule has 0 aromatic heterocycles. The predicted octanol–water partition coefficient (Wildman–Crippen LogP) is 3.28. The number of benzene rings is 2. The molecule has 0 fully saturated rings. The summed E-state index contributed by atoms with van der Waals surface area (Å²) in [4.78, 5) is 50.9.